The number of ketones is 1. The summed E-state index contributed by atoms with van der Waals surface area (Å²) in [6.45, 7) is 9.37. The summed E-state index contributed by atoms with van der Waals surface area (Å²) in [6, 6.07) is 9.31. The molecule has 3 rings (SSSR count). The molecule has 260 valence electrons. The van der Waals surface area contributed by atoms with Crippen molar-refractivity contribution in [3.05, 3.63) is 48.0 Å². The zero-order chi connectivity index (χ0) is 35.3. The van der Waals surface area contributed by atoms with Crippen molar-refractivity contribution >= 4 is 29.7 Å². The van der Waals surface area contributed by atoms with Crippen molar-refractivity contribution in [3.8, 4) is 0 Å². The van der Waals surface area contributed by atoms with Gasteiger partial charge in [0.05, 0.1) is 0 Å². The number of rotatable bonds is 17. The maximum absolute atomic E-state index is 13.5. The van der Waals surface area contributed by atoms with Gasteiger partial charge in [0.1, 0.15) is 11.9 Å². The third kappa shape index (κ3) is 7.28. The Labute approximate surface area is 273 Å². The molecule has 2 aliphatic heterocycles. The third-order valence-corrected chi connectivity index (χ3v) is 9.48. The van der Waals surface area contributed by atoms with E-state index in [1.807, 2.05) is 51.1 Å². The van der Waals surface area contributed by atoms with Crippen LogP contribution in [0.15, 0.2) is 42.5 Å². The van der Waals surface area contributed by atoms with Gasteiger partial charge in [-0.25, -0.2) is 19.2 Å². The number of esters is 1. The van der Waals surface area contributed by atoms with Gasteiger partial charge >= 0.3 is 23.9 Å². The molecular formula is C34H46O13. The predicted octanol–water partition coefficient (Wildman–Crippen LogP) is 2.99. The van der Waals surface area contributed by atoms with Gasteiger partial charge in [0.15, 0.2) is 6.10 Å². The summed E-state index contributed by atoms with van der Waals surface area (Å²) in [5, 5.41) is 53.4. The van der Waals surface area contributed by atoms with Crippen LogP contribution in [0.1, 0.15) is 72.3 Å². The summed E-state index contributed by atoms with van der Waals surface area (Å²) < 4.78 is 16.5. The molecule has 47 heavy (non-hydrogen) atoms. The Balaban J connectivity index is 1.99. The lowest BCUT2D eigenvalue weighted by Gasteiger charge is -2.48. The number of benzene rings is 1. The topological polar surface area (TPSA) is 214 Å². The third-order valence-electron chi connectivity index (χ3n) is 9.48. The van der Waals surface area contributed by atoms with Crippen LogP contribution in [0.5, 0.6) is 0 Å². The molecule has 0 radical (unpaired) electrons. The van der Waals surface area contributed by atoms with Gasteiger partial charge in [0.2, 0.25) is 23.1 Å². The first kappa shape index (κ1) is 37.8. The number of carboxylic acid groups (broad SMARTS) is 3. The fourth-order valence-corrected chi connectivity index (χ4v) is 6.63. The zero-order valence-electron chi connectivity index (χ0n) is 27.3. The molecule has 10 atom stereocenters. The Kier molecular flexibility index (Phi) is 12.1. The van der Waals surface area contributed by atoms with Crippen molar-refractivity contribution in [1.29, 1.82) is 0 Å². The highest BCUT2D eigenvalue weighted by Gasteiger charge is 2.85. The van der Waals surface area contributed by atoms with Crippen LogP contribution in [0, 0.1) is 23.7 Å². The number of hydrogen-bond donors (Lipinski definition) is 5. The summed E-state index contributed by atoms with van der Waals surface area (Å²) >= 11 is 0. The van der Waals surface area contributed by atoms with Gasteiger partial charge in [-0.15, -0.1) is 0 Å². The normalized spacial score (nSPS) is 31.1. The number of fused-ring (bicyclic) bond motifs is 2. The molecule has 2 heterocycles. The molecular weight excluding hydrogens is 616 g/mol. The van der Waals surface area contributed by atoms with E-state index in [2.05, 4.69) is 0 Å². The van der Waals surface area contributed by atoms with Gasteiger partial charge < -0.3 is 39.7 Å². The summed E-state index contributed by atoms with van der Waals surface area (Å²) in [5.41, 5.74) is -6.45. The van der Waals surface area contributed by atoms with E-state index >= 15 is 0 Å². The average molecular weight is 663 g/mol. The summed E-state index contributed by atoms with van der Waals surface area (Å²) in [6.07, 6.45) is -3.24. The van der Waals surface area contributed by atoms with Crippen LogP contribution in [0.3, 0.4) is 0 Å². The van der Waals surface area contributed by atoms with Gasteiger partial charge in [-0.05, 0) is 43.1 Å². The lowest BCUT2D eigenvalue weighted by Crippen LogP contribution is -2.78. The van der Waals surface area contributed by atoms with E-state index in [0.717, 1.165) is 18.1 Å². The first-order valence-electron chi connectivity index (χ1n) is 15.9. The highest BCUT2D eigenvalue weighted by atomic mass is 16.8. The Morgan fingerprint density at radius 3 is 2.15 bits per heavy atom. The van der Waals surface area contributed by atoms with Crippen molar-refractivity contribution in [1.82, 2.24) is 0 Å². The maximum atomic E-state index is 13.5. The van der Waals surface area contributed by atoms with Crippen LogP contribution in [-0.2, 0) is 44.6 Å². The Morgan fingerprint density at radius 2 is 1.62 bits per heavy atom. The van der Waals surface area contributed by atoms with Crippen LogP contribution in [0.2, 0.25) is 0 Å². The van der Waals surface area contributed by atoms with Gasteiger partial charge in [-0.2, -0.15) is 0 Å². The predicted molar refractivity (Wildman–Crippen MR) is 165 cm³/mol. The number of Topliss-reactive ketones (excluding diaryl/α,β-unsaturated/α-hetero) is 1. The smallest absolute Gasteiger partial charge is 0.344 e. The molecule has 0 aromatic heterocycles. The van der Waals surface area contributed by atoms with Crippen LogP contribution in [-0.4, -0.2) is 90.5 Å². The molecule has 2 fully saturated rings. The van der Waals surface area contributed by atoms with Crippen molar-refractivity contribution in [2.45, 2.75) is 108 Å². The molecule has 13 nitrogen and oxygen atoms in total. The molecule has 2 saturated heterocycles. The number of carbonyl (C=O) groups is 5. The molecule has 0 saturated carbocycles. The van der Waals surface area contributed by atoms with Gasteiger partial charge in [-0.1, -0.05) is 77.4 Å². The molecule has 10 unspecified atom stereocenters. The van der Waals surface area contributed by atoms with Gasteiger partial charge in [0, 0.05) is 24.3 Å². The molecule has 1 aromatic rings. The van der Waals surface area contributed by atoms with E-state index in [-0.39, 0.29) is 18.1 Å². The molecule has 1 aromatic carbocycles. The minimum atomic E-state index is -3.87. The number of ether oxygens (including phenoxy) is 3. The Morgan fingerprint density at radius 1 is 0.979 bits per heavy atom. The number of aliphatic hydroxyl groups excluding tert-OH is 1. The molecule has 2 aliphatic rings. The number of aliphatic carboxylic acids is 3. The maximum Gasteiger partial charge on any atom is 0.344 e. The average Bonchev–Trinajstić information content (AvgIpc) is 3.24. The monoisotopic (exact) mass is 662 g/mol. The summed E-state index contributed by atoms with van der Waals surface area (Å²) in [7, 11) is 0. The number of carboxylic acids is 3. The van der Waals surface area contributed by atoms with E-state index in [1.54, 1.807) is 13.8 Å². The minimum Gasteiger partial charge on any atom is -0.479 e. The lowest BCUT2D eigenvalue weighted by atomic mass is 9.74. The fourth-order valence-electron chi connectivity index (χ4n) is 6.63. The van der Waals surface area contributed by atoms with Crippen LogP contribution in [0.4, 0.5) is 0 Å². The van der Waals surface area contributed by atoms with Crippen molar-refractivity contribution in [3.63, 3.8) is 0 Å². The van der Waals surface area contributed by atoms with Crippen LogP contribution in [0.25, 0.3) is 0 Å². The van der Waals surface area contributed by atoms with E-state index in [1.165, 1.54) is 6.08 Å². The van der Waals surface area contributed by atoms with Crippen LogP contribution < -0.4 is 0 Å². The molecule has 0 spiro atoms. The second kappa shape index (κ2) is 15.1. The lowest BCUT2D eigenvalue weighted by molar-refractivity contribution is -0.374. The largest absolute Gasteiger partial charge is 0.479 e. The van der Waals surface area contributed by atoms with Crippen molar-refractivity contribution in [2.24, 2.45) is 23.7 Å². The Bertz CT molecular complexity index is 1340. The van der Waals surface area contributed by atoms with E-state index < -0.39 is 77.4 Å². The molecule has 2 bridgehead atoms. The quantitative estimate of drug-likeness (QED) is 0.120. The molecule has 0 aliphatic carbocycles. The first-order chi connectivity index (χ1) is 22.0. The summed E-state index contributed by atoms with van der Waals surface area (Å²) in [4.78, 5) is 64.2. The SMILES string of the molecule is CCC(C)CC(C)C=CC(=O)OC1C(O)C2(CCC(CC)C(=O)C(C)Cc3ccccc3)OC(C(=O)O)C(O)(C(=O)O)C1(C(=O)O)O2. The molecule has 13 heteroatoms. The summed E-state index contributed by atoms with van der Waals surface area (Å²) in [5.74, 6) is -11.4. The van der Waals surface area contributed by atoms with Gasteiger partial charge in [0.25, 0.3) is 0 Å². The standard InChI is InChI=1S/C34H46O13/c1-6-19(3)17-20(4)13-14-24(35)45-27-26(37)32(16-15-23(7-2)25(36)21(5)18-22-11-9-8-10-12-22)46-28(29(38)39)33(44,30(40)41)34(27,47-32)31(42)43/h8-14,19-21,23,26-28,37,44H,6-7,15-18H2,1-5H3,(H,38,39)(H,40,41)(H,42,43). The zero-order valence-corrected chi connectivity index (χ0v) is 27.3. The first-order valence-corrected chi connectivity index (χ1v) is 15.9. The van der Waals surface area contributed by atoms with Crippen molar-refractivity contribution < 1.29 is 63.7 Å². The van der Waals surface area contributed by atoms with Crippen LogP contribution >= 0.6 is 0 Å². The fraction of sp³-hybridized carbons (Fsp3) is 0.618. The molecule has 0 amide bonds. The second-order valence-corrected chi connectivity index (χ2v) is 12.9. The highest BCUT2D eigenvalue weighted by molar-refractivity contribution is 5.98. The van der Waals surface area contributed by atoms with E-state index in [0.29, 0.717) is 25.2 Å². The van der Waals surface area contributed by atoms with E-state index in [9.17, 15) is 49.5 Å². The minimum absolute atomic E-state index is 0.104. The highest BCUT2D eigenvalue weighted by Crippen LogP contribution is 2.56. The Hall–Kier alpha value is -3.65. The number of aliphatic hydroxyl groups is 2. The van der Waals surface area contributed by atoms with Gasteiger partial charge in [-0.3, -0.25) is 4.79 Å². The van der Waals surface area contributed by atoms with Crippen molar-refractivity contribution in [2.75, 3.05) is 0 Å². The number of carbonyl (C=O) groups excluding carboxylic acids is 2. The number of hydrogen-bond acceptors (Lipinski definition) is 10. The number of allylic oxidation sites excluding steroid dienone is 1. The second-order valence-electron chi connectivity index (χ2n) is 12.9. The van der Waals surface area contributed by atoms with E-state index in [4.69, 9.17) is 14.2 Å². The molecule has 5 N–H and O–H groups in total.